The van der Waals surface area contributed by atoms with Crippen molar-refractivity contribution in [1.29, 1.82) is 0 Å². The van der Waals surface area contributed by atoms with Crippen LogP contribution in [-0.4, -0.2) is 19.7 Å². The predicted molar refractivity (Wildman–Crippen MR) is 71.2 cm³/mol. The summed E-state index contributed by atoms with van der Waals surface area (Å²) < 4.78 is 2.69. The Morgan fingerprint density at radius 3 is 2.71 bits per heavy atom. The molecule has 2 aromatic heterocycles. The molecule has 90 valence electrons. The molecule has 2 heterocycles. The first-order chi connectivity index (χ1) is 8.08. The van der Waals surface area contributed by atoms with E-state index in [0.29, 0.717) is 0 Å². The molecule has 2 aromatic rings. The normalized spacial score (nSPS) is 10.8. The minimum Gasteiger partial charge on any atom is -0.261 e. The molecule has 0 aliphatic rings. The largest absolute Gasteiger partial charge is 0.261 e. The van der Waals surface area contributed by atoms with Crippen LogP contribution in [0.2, 0.25) is 0 Å². The number of hydrogen-bond acceptors (Lipinski definition) is 4. The van der Waals surface area contributed by atoms with Crippen LogP contribution in [0.4, 0.5) is 0 Å². The van der Waals surface area contributed by atoms with E-state index in [4.69, 9.17) is 0 Å². The molecule has 0 fully saturated rings. The summed E-state index contributed by atoms with van der Waals surface area (Å²) in [5, 5.41) is 6.33. The number of hydrogen-bond donors (Lipinski definition) is 0. The van der Waals surface area contributed by atoms with Gasteiger partial charge in [0.25, 0.3) is 0 Å². The Kier molecular flexibility index (Phi) is 3.83. The van der Waals surface area contributed by atoms with E-state index in [9.17, 15) is 0 Å². The molecule has 17 heavy (non-hydrogen) atoms. The summed E-state index contributed by atoms with van der Waals surface area (Å²) in [4.78, 5) is 8.77. The fourth-order valence-electron chi connectivity index (χ4n) is 1.44. The Bertz CT molecular complexity index is 538. The van der Waals surface area contributed by atoms with Crippen LogP contribution in [-0.2, 0) is 13.5 Å². The summed E-state index contributed by atoms with van der Waals surface area (Å²) in [5.74, 6) is 0.848. The second-order valence-corrected chi connectivity index (χ2v) is 5.50. The second-order valence-electron chi connectivity index (χ2n) is 3.65. The van der Waals surface area contributed by atoms with Crippen LogP contribution in [0.15, 0.2) is 26.8 Å². The van der Waals surface area contributed by atoms with Gasteiger partial charge in [-0.25, -0.2) is 9.97 Å². The molecular weight excluding hydrogens is 300 g/mol. The first-order valence-electron chi connectivity index (χ1n) is 5.30. The van der Waals surface area contributed by atoms with Gasteiger partial charge in [-0.2, -0.15) is 5.10 Å². The summed E-state index contributed by atoms with van der Waals surface area (Å²) in [7, 11) is 1.94. The van der Waals surface area contributed by atoms with Crippen LogP contribution in [0, 0.1) is 6.92 Å². The van der Waals surface area contributed by atoms with Crippen molar-refractivity contribution < 1.29 is 0 Å². The molecule has 0 bridgehead atoms. The van der Waals surface area contributed by atoms with Gasteiger partial charge in [0.1, 0.15) is 20.5 Å². The Morgan fingerprint density at radius 1 is 1.35 bits per heavy atom. The van der Waals surface area contributed by atoms with Gasteiger partial charge in [-0.05, 0) is 28.9 Å². The van der Waals surface area contributed by atoms with Gasteiger partial charge in [0.2, 0.25) is 0 Å². The molecule has 0 saturated heterocycles. The highest BCUT2D eigenvalue weighted by Gasteiger charge is 2.07. The van der Waals surface area contributed by atoms with E-state index in [1.807, 2.05) is 37.7 Å². The average molecular weight is 313 g/mol. The Labute approximate surface area is 113 Å². The van der Waals surface area contributed by atoms with E-state index in [1.165, 1.54) is 0 Å². The maximum absolute atomic E-state index is 4.48. The number of aryl methyl sites for hydroxylation is 3. The van der Waals surface area contributed by atoms with Crippen LogP contribution in [0.25, 0.3) is 0 Å². The SMILES string of the molecule is CCc1nc(Br)cc(Sc2cc(C)nn2C)n1. The third-order valence-corrected chi connectivity index (χ3v) is 3.62. The zero-order valence-corrected chi connectivity index (χ0v) is 12.3. The topological polar surface area (TPSA) is 43.6 Å². The summed E-state index contributed by atoms with van der Waals surface area (Å²) >= 11 is 5.00. The van der Waals surface area contributed by atoms with Crippen LogP contribution >= 0.6 is 27.7 Å². The lowest BCUT2D eigenvalue weighted by molar-refractivity contribution is 0.691. The maximum Gasteiger partial charge on any atom is 0.130 e. The van der Waals surface area contributed by atoms with Gasteiger partial charge < -0.3 is 0 Å². The van der Waals surface area contributed by atoms with Gasteiger partial charge in [-0.3, -0.25) is 4.68 Å². The van der Waals surface area contributed by atoms with Crippen molar-refractivity contribution in [2.75, 3.05) is 0 Å². The van der Waals surface area contributed by atoms with Gasteiger partial charge >= 0.3 is 0 Å². The van der Waals surface area contributed by atoms with Gasteiger partial charge in [0.15, 0.2) is 0 Å². The summed E-state index contributed by atoms with van der Waals surface area (Å²) in [6.45, 7) is 4.03. The van der Waals surface area contributed by atoms with Gasteiger partial charge in [0, 0.05) is 19.5 Å². The van der Waals surface area contributed by atoms with Crippen molar-refractivity contribution in [3.05, 3.63) is 28.3 Å². The third kappa shape index (κ3) is 3.07. The lowest BCUT2D eigenvalue weighted by Crippen LogP contribution is -1.96. The molecule has 0 radical (unpaired) electrons. The first-order valence-corrected chi connectivity index (χ1v) is 6.91. The van der Waals surface area contributed by atoms with Crippen molar-refractivity contribution in [2.24, 2.45) is 7.05 Å². The Morgan fingerprint density at radius 2 is 2.12 bits per heavy atom. The van der Waals surface area contributed by atoms with Crippen molar-refractivity contribution in [1.82, 2.24) is 19.7 Å². The molecule has 4 nitrogen and oxygen atoms in total. The highest BCUT2D eigenvalue weighted by Crippen LogP contribution is 2.27. The molecule has 0 spiro atoms. The average Bonchev–Trinajstić information content (AvgIpc) is 2.56. The minimum atomic E-state index is 0.825. The zero-order chi connectivity index (χ0) is 12.4. The van der Waals surface area contributed by atoms with Crippen molar-refractivity contribution in [2.45, 2.75) is 30.3 Å². The third-order valence-electron chi connectivity index (χ3n) is 2.20. The van der Waals surface area contributed by atoms with Gasteiger partial charge in [0.05, 0.1) is 5.69 Å². The molecule has 0 saturated carbocycles. The standard InChI is InChI=1S/C11H13BrN4S/c1-4-9-13-8(12)6-10(14-9)17-11-5-7(2)15-16(11)3/h5-6H,4H2,1-3H3. The number of nitrogens with zero attached hydrogens (tertiary/aromatic N) is 4. The Balaban J connectivity index is 2.29. The lowest BCUT2D eigenvalue weighted by atomic mass is 10.4. The van der Waals surface area contributed by atoms with E-state index in [1.54, 1.807) is 11.8 Å². The number of rotatable bonds is 3. The van der Waals surface area contributed by atoms with E-state index >= 15 is 0 Å². The highest BCUT2D eigenvalue weighted by molar-refractivity contribution is 9.10. The second kappa shape index (κ2) is 5.18. The molecule has 0 unspecified atom stereocenters. The molecule has 0 aliphatic carbocycles. The van der Waals surface area contributed by atoms with E-state index in [2.05, 4.69) is 31.0 Å². The van der Waals surface area contributed by atoms with E-state index in [-0.39, 0.29) is 0 Å². The minimum absolute atomic E-state index is 0.825. The summed E-state index contributed by atoms with van der Waals surface area (Å²) in [6.07, 6.45) is 0.831. The van der Waals surface area contributed by atoms with Crippen LogP contribution in [0.1, 0.15) is 18.4 Å². The number of halogens is 1. The van der Waals surface area contributed by atoms with E-state index in [0.717, 1.165) is 32.6 Å². The van der Waals surface area contributed by atoms with Crippen LogP contribution < -0.4 is 0 Å². The highest BCUT2D eigenvalue weighted by atomic mass is 79.9. The van der Waals surface area contributed by atoms with Crippen LogP contribution in [0.5, 0.6) is 0 Å². The predicted octanol–water partition coefficient (Wildman–Crippen LogP) is 2.99. The smallest absolute Gasteiger partial charge is 0.130 e. The zero-order valence-electron chi connectivity index (χ0n) is 9.94. The van der Waals surface area contributed by atoms with Crippen molar-refractivity contribution in [3.63, 3.8) is 0 Å². The molecule has 6 heteroatoms. The maximum atomic E-state index is 4.48. The van der Waals surface area contributed by atoms with Crippen LogP contribution in [0.3, 0.4) is 0 Å². The fourth-order valence-corrected chi connectivity index (χ4v) is 2.95. The molecule has 0 atom stereocenters. The van der Waals surface area contributed by atoms with Gasteiger partial charge in [-0.15, -0.1) is 0 Å². The van der Waals surface area contributed by atoms with Crippen molar-refractivity contribution in [3.8, 4) is 0 Å². The summed E-state index contributed by atoms with van der Waals surface area (Å²) in [5.41, 5.74) is 1.01. The van der Waals surface area contributed by atoms with E-state index < -0.39 is 0 Å². The molecule has 0 N–H and O–H groups in total. The molecular formula is C11H13BrN4S. The lowest BCUT2D eigenvalue weighted by Gasteiger charge is -2.03. The number of aromatic nitrogens is 4. The molecule has 2 rings (SSSR count). The molecule has 0 aromatic carbocycles. The first kappa shape index (κ1) is 12.6. The van der Waals surface area contributed by atoms with Gasteiger partial charge in [-0.1, -0.05) is 18.7 Å². The summed E-state index contributed by atoms with van der Waals surface area (Å²) in [6, 6.07) is 3.97. The molecule has 0 amide bonds. The van der Waals surface area contributed by atoms with Crippen molar-refractivity contribution >= 4 is 27.7 Å². The monoisotopic (exact) mass is 312 g/mol. The quantitative estimate of drug-likeness (QED) is 0.817. The molecule has 0 aliphatic heterocycles. The fraction of sp³-hybridized carbons (Fsp3) is 0.364. The Hall–Kier alpha value is -0.880.